The molecule has 0 fully saturated rings. The summed E-state index contributed by atoms with van der Waals surface area (Å²) in [5, 5.41) is 0. The number of carbonyl (C=O) groups excluding carboxylic acids is 3. The molecule has 3 aromatic carbocycles. The number of ketones is 2. The third-order valence-corrected chi connectivity index (χ3v) is 8.64. The average Bonchev–Trinajstić information content (AvgIpc) is 3.01. The first-order chi connectivity index (χ1) is 21.1. The second-order valence-electron chi connectivity index (χ2n) is 12.7. The van der Waals surface area contributed by atoms with Crippen LogP contribution in [0.1, 0.15) is 93.6 Å². The topological polar surface area (TPSA) is 78.9 Å². The van der Waals surface area contributed by atoms with Crippen LogP contribution < -0.4 is 9.47 Å². The minimum Gasteiger partial charge on any atom is -0.493 e. The van der Waals surface area contributed by atoms with E-state index in [0.717, 1.165) is 46.6 Å². The van der Waals surface area contributed by atoms with E-state index in [9.17, 15) is 14.4 Å². The largest absolute Gasteiger partial charge is 0.493 e. The second kappa shape index (κ2) is 11.9. The summed E-state index contributed by atoms with van der Waals surface area (Å²) in [7, 11) is 0. The minimum atomic E-state index is -0.443. The highest BCUT2D eigenvalue weighted by Gasteiger charge is 2.42. The van der Waals surface area contributed by atoms with Crippen LogP contribution in [0.4, 0.5) is 0 Å². The molecular formula is C38H38O6. The van der Waals surface area contributed by atoms with Gasteiger partial charge in [0.25, 0.3) is 0 Å². The number of benzene rings is 3. The summed E-state index contributed by atoms with van der Waals surface area (Å²) in [5.41, 5.74) is 5.51. The van der Waals surface area contributed by atoms with Gasteiger partial charge >= 0.3 is 5.97 Å². The van der Waals surface area contributed by atoms with Crippen molar-refractivity contribution < 1.29 is 28.6 Å². The van der Waals surface area contributed by atoms with E-state index >= 15 is 0 Å². The molecule has 1 heterocycles. The van der Waals surface area contributed by atoms with Crippen LogP contribution in [0.25, 0.3) is 11.1 Å². The normalized spacial score (nSPS) is 17.2. The molecule has 0 amide bonds. The Morgan fingerprint density at radius 1 is 0.818 bits per heavy atom. The Bertz CT molecular complexity index is 1640. The van der Waals surface area contributed by atoms with Crippen LogP contribution in [0, 0.1) is 0 Å². The lowest BCUT2D eigenvalue weighted by atomic mass is 9.73. The monoisotopic (exact) mass is 590 g/mol. The molecular weight excluding hydrogens is 552 g/mol. The quantitative estimate of drug-likeness (QED) is 0.212. The summed E-state index contributed by atoms with van der Waals surface area (Å²) >= 11 is 0. The molecule has 3 aliphatic rings. The molecule has 0 bridgehead atoms. The highest BCUT2D eigenvalue weighted by Crippen LogP contribution is 2.49. The lowest BCUT2D eigenvalue weighted by Crippen LogP contribution is -2.30. The van der Waals surface area contributed by atoms with Gasteiger partial charge in [-0.2, -0.15) is 0 Å². The Hall–Kier alpha value is -4.45. The zero-order chi connectivity index (χ0) is 31.0. The summed E-state index contributed by atoms with van der Waals surface area (Å²) in [5.74, 6) is 1.80. The fourth-order valence-corrected chi connectivity index (χ4v) is 6.36. The maximum Gasteiger partial charge on any atom is 0.343 e. The molecule has 0 radical (unpaired) electrons. The Balaban J connectivity index is 1.28. The maximum absolute atomic E-state index is 13.2. The molecule has 44 heavy (non-hydrogen) atoms. The first-order valence-corrected chi connectivity index (χ1v) is 15.5. The van der Waals surface area contributed by atoms with Gasteiger partial charge < -0.3 is 14.2 Å². The Kier molecular flexibility index (Phi) is 8.02. The van der Waals surface area contributed by atoms with Crippen molar-refractivity contribution in [2.45, 2.75) is 77.6 Å². The van der Waals surface area contributed by atoms with Gasteiger partial charge in [0.1, 0.15) is 23.0 Å². The third kappa shape index (κ3) is 5.73. The number of Topliss-reactive ketones (excluding diaryl/α,β-unsaturated/α-hetero) is 2. The van der Waals surface area contributed by atoms with E-state index in [1.54, 1.807) is 24.3 Å². The summed E-state index contributed by atoms with van der Waals surface area (Å²) < 4.78 is 18.0. The average molecular weight is 591 g/mol. The van der Waals surface area contributed by atoms with Crippen molar-refractivity contribution in [3.05, 3.63) is 106 Å². The predicted molar refractivity (Wildman–Crippen MR) is 169 cm³/mol. The fraction of sp³-hybridized carbons (Fsp3) is 0.342. The number of hydrogen-bond donors (Lipinski definition) is 0. The Labute approximate surface area is 258 Å². The molecule has 3 aromatic rings. The van der Waals surface area contributed by atoms with Crippen molar-refractivity contribution >= 4 is 17.5 Å². The molecule has 6 rings (SSSR count). The number of carbonyl (C=O) groups is 3. The van der Waals surface area contributed by atoms with E-state index in [1.807, 2.05) is 49.4 Å². The van der Waals surface area contributed by atoms with Gasteiger partial charge in [-0.3, -0.25) is 9.59 Å². The van der Waals surface area contributed by atoms with Crippen molar-refractivity contribution in [1.82, 2.24) is 0 Å². The van der Waals surface area contributed by atoms with E-state index < -0.39 is 11.9 Å². The van der Waals surface area contributed by atoms with E-state index in [-0.39, 0.29) is 17.0 Å². The molecule has 2 aliphatic carbocycles. The smallest absolute Gasteiger partial charge is 0.343 e. The molecule has 0 aromatic heterocycles. The minimum absolute atomic E-state index is 0.00265. The van der Waals surface area contributed by atoms with Gasteiger partial charge in [0, 0.05) is 48.3 Å². The highest BCUT2D eigenvalue weighted by atomic mass is 16.5. The summed E-state index contributed by atoms with van der Waals surface area (Å²) in [6.07, 6.45) is 3.87. The van der Waals surface area contributed by atoms with Gasteiger partial charge in [-0.25, -0.2) is 4.79 Å². The third-order valence-electron chi connectivity index (χ3n) is 8.64. The summed E-state index contributed by atoms with van der Waals surface area (Å²) in [4.78, 5) is 39.2. The summed E-state index contributed by atoms with van der Waals surface area (Å²) in [6, 6.07) is 20.8. The highest BCUT2D eigenvalue weighted by molar-refractivity contribution is 6.05. The molecule has 226 valence electrons. The maximum atomic E-state index is 13.2. The van der Waals surface area contributed by atoms with Gasteiger partial charge in [0.2, 0.25) is 0 Å². The van der Waals surface area contributed by atoms with Crippen LogP contribution in [-0.4, -0.2) is 24.1 Å². The van der Waals surface area contributed by atoms with Gasteiger partial charge in [-0.15, -0.1) is 0 Å². The van der Waals surface area contributed by atoms with Crippen LogP contribution >= 0.6 is 0 Å². The lowest BCUT2D eigenvalue weighted by Gasteiger charge is -2.36. The Morgan fingerprint density at radius 3 is 2.00 bits per heavy atom. The zero-order valence-corrected chi connectivity index (χ0v) is 25.8. The molecule has 6 nitrogen and oxygen atoms in total. The SMILES string of the molecule is CCOc1cc(C2C3=C(CCCC3=O)OC3=C2C(=O)CCC3)ccc1-c1ccc(OC(=O)c2ccc(C(C)(C)C)cc2)cc1. The van der Waals surface area contributed by atoms with Crippen molar-refractivity contribution in [1.29, 1.82) is 0 Å². The van der Waals surface area contributed by atoms with Crippen molar-refractivity contribution in [3.63, 3.8) is 0 Å². The van der Waals surface area contributed by atoms with Crippen LogP contribution in [-0.2, 0) is 19.7 Å². The molecule has 0 N–H and O–H groups in total. The van der Waals surface area contributed by atoms with E-state index in [1.165, 1.54) is 0 Å². The van der Waals surface area contributed by atoms with Crippen LogP contribution in [0.15, 0.2) is 89.4 Å². The number of rotatable bonds is 6. The number of ether oxygens (including phenoxy) is 3. The zero-order valence-electron chi connectivity index (χ0n) is 25.8. The van der Waals surface area contributed by atoms with Gasteiger partial charge in [0.15, 0.2) is 11.6 Å². The van der Waals surface area contributed by atoms with Gasteiger partial charge in [-0.1, -0.05) is 57.2 Å². The van der Waals surface area contributed by atoms with E-state index in [2.05, 4.69) is 20.8 Å². The molecule has 6 heteroatoms. The van der Waals surface area contributed by atoms with Crippen LogP contribution in [0.5, 0.6) is 11.5 Å². The Morgan fingerprint density at radius 2 is 1.43 bits per heavy atom. The van der Waals surface area contributed by atoms with Crippen LogP contribution in [0.2, 0.25) is 0 Å². The van der Waals surface area contributed by atoms with E-state index in [0.29, 0.717) is 60.5 Å². The van der Waals surface area contributed by atoms with Gasteiger partial charge in [0.05, 0.1) is 12.2 Å². The van der Waals surface area contributed by atoms with Crippen molar-refractivity contribution in [2.75, 3.05) is 6.61 Å². The van der Waals surface area contributed by atoms with Crippen molar-refractivity contribution in [3.8, 4) is 22.6 Å². The number of allylic oxidation sites excluding steroid dienone is 4. The van der Waals surface area contributed by atoms with Crippen molar-refractivity contribution in [2.24, 2.45) is 0 Å². The molecule has 0 saturated heterocycles. The molecule has 0 spiro atoms. The molecule has 0 unspecified atom stereocenters. The first kappa shape index (κ1) is 29.6. The molecule has 0 saturated carbocycles. The van der Waals surface area contributed by atoms with Gasteiger partial charge in [-0.05, 0) is 72.2 Å². The van der Waals surface area contributed by atoms with E-state index in [4.69, 9.17) is 14.2 Å². The standard InChI is InChI=1S/C38H38O6/c1-5-42-33-22-25(34-35-29(39)8-6-10-31(35)44-32-11-7-9-30(40)36(32)34)16-21-28(33)23-14-19-27(20-15-23)43-37(41)24-12-17-26(18-13-24)38(2,3)4/h12-22,34H,5-11H2,1-4H3. The lowest BCUT2D eigenvalue weighted by molar-refractivity contribution is -0.117. The van der Waals surface area contributed by atoms with Crippen LogP contribution in [0.3, 0.4) is 0 Å². The summed E-state index contributed by atoms with van der Waals surface area (Å²) in [6.45, 7) is 8.78. The number of hydrogen-bond acceptors (Lipinski definition) is 6. The fourth-order valence-electron chi connectivity index (χ4n) is 6.36. The second-order valence-corrected chi connectivity index (χ2v) is 12.7. The molecule has 0 atom stereocenters. The predicted octanol–water partition coefficient (Wildman–Crippen LogP) is 8.40. The first-order valence-electron chi connectivity index (χ1n) is 15.5. The number of esters is 1. The molecule has 1 aliphatic heterocycles.